The van der Waals surface area contributed by atoms with Gasteiger partial charge >= 0.3 is 5.97 Å². The van der Waals surface area contributed by atoms with Crippen molar-refractivity contribution in [2.75, 3.05) is 13.7 Å². The zero-order valence-corrected chi connectivity index (χ0v) is 12.0. The molecule has 0 amide bonds. The maximum Gasteiger partial charge on any atom is 0.305 e. The third-order valence-electron chi connectivity index (χ3n) is 3.01. The second kappa shape index (κ2) is 8.55. The number of ether oxygens (including phenoxy) is 2. The average Bonchev–Trinajstić information content (AvgIpc) is 2.49. The van der Waals surface area contributed by atoms with E-state index in [0.29, 0.717) is 18.6 Å². The van der Waals surface area contributed by atoms with Gasteiger partial charge in [-0.3, -0.25) is 4.79 Å². The quantitative estimate of drug-likeness (QED) is 0.710. The van der Waals surface area contributed by atoms with Gasteiger partial charge in [-0.05, 0) is 30.5 Å². The van der Waals surface area contributed by atoms with E-state index in [4.69, 9.17) is 10.5 Å². The third kappa shape index (κ3) is 5.19. The molecule has 1 rings (SSSR count). The Morgan fingerprint density at radius 3 is 2.55 bits per heavy atom. The molecule has 0 aliphatic heterocycles. The molecular weight excluding hydrogens is 258 g/mol. The van der Waals surface area contributed by atoms with Crippen LogP contribution in [-0.4, -0.2) is 30.8 Å². The lowest BCUT2D eigenvalue weighted by Gasteiger charge is -2.19. The lowest BCUT2D eigenvalue weighted by atomic mass is 9.99. The number of aliphatic hydroxyl groups excluding tert-OH is 1. The predicted octanol–water partition coefficient (Wildman–Crippen LogP) is 1.79. The number of benzene rings is 1. The Balaban J connectivity index is 2.53. The molecule has 0 saturated heterocycles. The summed E-state index contributed by atoms with van der Waals surface area (Å²) >= 11 is 0. The zero-order chi connectivity index (χ0) is 15.0. The lowest BCUT2D eigenvalue weighted by Crippen LogP contribution is -2.29. The third-order valence-corrected chi connectivity index (χ3v) is 3.01. The maximum absolute atomic E-state index is 11.0. The summed E-state index contributed by atoms with van der Waals surface area (Å²) in [6, 6.07) is 6.68. The van der Waals surface area contributed by atoms with Gasteiger partial charge in [0.25, 0.3) is 0 Å². The van der Waals surface area contributed by atoms with E-state index in [1.165, 1.54) is 7.11 Å². The summed E-state index contributed by atoms with van der Waals surface area (Å²) in [7, 11) is 1.33. The van der Waals surface area contributed by atoms with Crippen molar-refractivity contribution in [1.29, 1.82) is 0 Å². The number of carbonyl (C=O) groups is 1. The van der Waals surface area contributed by atoms with Crippen LogP contribution >= 0.6 is 0 Å². The molecule has 0 bridgehead atoms. The molecule has 0 heterocycles. The van der Waals surface area contributed by atoms with Gasteiger partial charge in [0.15, 0.2) is 0 Å². The Morgan fingerprint density at radius 2 is 2.00 bits per heavy atom. The molecule has 0 aliphatic rings. The van der Waals surface area contributed by atoms with Crippen LogP contribution in [0.1, 0.15) is 37.9 Å². The van der Waals surface area contributed by atoms with Gasteiger partial charge in [-0.25, -0.2) is 0 Å². The Hall–Kier alpha value is -1.59. The summed E-state index contributed by atoms with van der Waals surface area (Å²) in [6.07, 6.45) is 0.719. The molecule has 5 heteroatoms. The zero-order valence-electron chi connectivity index (χ0n) is 12.0. The van der Waals surface area contributed by atoms with Crippen LogP contribution < -0.4 is 10.5 Å². The number of nitrogens with two attached hydrogens (primary N) is 1. The van der Waals surface area contributed by atoms with Crippen molar-refractivity contribution in [3.8, 4) is 5.75 Å². The van der Waals surface area contributed by atoms with Crippen LogP contribution in [0.15, 0.2) is 24.3 Å². The first-order valence-corrected chi connectivity index (χ1v) is 6.81. The molecule has 112 valence electrons. The minimum Gasteiger partial charge on any atom is -0.494 e. The first-order chi connectivity index (χ1) is 9.58. The van der Waals surface area contributed by atoms with E-state index in [1.807, 2.05) is 6.92 Å². The van der Waals surface area contributed by atoms with Gasteiger partial charge in [0, 0.05) is 12.5 Å². The van der Waals surface area contributed by atoms with E-state index in [0.717, 1.165) is 12.2 Å². The molecule has 1 aromatic rings. The highest BCUT2D eigenvalue weighted by molar-refractivity contribution is 5.69. The summed E-state index contributed by atoms with van der Waals surface area (Å²) in [5.41, 5.74) is 6.60. The SMILES string of the molecule is CCCOc1ccc(C(O)C(N)CCC(=O)OC)cc1. The van der Waals surface area contributed by atoms with Crippen LogP contribution in [-0.2, 0) is 9.53 Å². The number of hydrogen-bond acceptors (Lipinski definition) is 5. The highest BCUT2D eigenvalue weighted by atomic mass is 16.5. The fourth-order valence-electron chi connectivity index (χ4n) is 1.77. The van der Waals surface area contributed by atoms with Crippen LogP contribution in [0.2, 0.25) is 0 Å². The number of aliphatic hydroxyl groups is 1. The molecule has 0 aliphatic carbocycles. The highest BCUT2D eigenvalue weighted by Crippen LogP contribution is 2.21. The van der Waals surface area contributed by atoms with Gasteiger partial charge in [0.05, 0.1) is 19.8 Å². The van der Waals surface area contributed by atoms with E-state index >= 15 is 0 Å². The summed E-state index contributed by atoms with van der Waals surface area (Å²) in [5.74, 6) is 0.446. The Bertz CT molecular complexity index is 405. The topological polar surface area (TPSA) is 81.8 Å². The van der Waals surface area contributed by atoms with E-state index in [-0.39, 0.29) is 12.4 Å². The van der Waals surface area contributed by atoms with Crippen molar-refractivity contribution in [2.45, 2.75) is 38.3 Å². The lowest BCUT2D eigenvalue weighted by molar-refractivity contribution is -0.140. The standard InChI is InChI=1S/C15H23NO4/c1-3-10-20-12-6-4-11(5-7-12)15(18)13(16)8-9-14(17)19-2/h4-7,13,15,18H,3,8-10,16H2,1-2H3. The van der Waals surface area contributed by atoms with Crippen molar-refractivity contribution in [2.24, 2.45) is 5.73 Å². The Kier molecular flexibility index (Phi) is 7.04. The second-order valence-electron chi connectivity index (χ2n) is 4.64. The van der Waals surface area contributed by atoms with E-state index in [2.05, 4.69) is 4.74 Å². The fourth-order valence-corrected chi connectivity index (χ4v) is 1.77. The molecule has 20 heavy (non-hydrogen) atoms. The van der Waals surface area contributed by atoms with Gasteiger partial charge in [0.2, 0.25) is 0 Å². The minimum atomic E-state index is -0.806. The summed E-state index contributed by atoms with van der Waals surface area (Å²) in [6.45, 7) is 2.71. The smallest absolute Gasteiger partial charge is 0.305 e. The van der Waals surface area contributed by atoms with Crippen molar-refractivity contribution in [1.82, 2.24) is 0 Å². The number of esters is 1. The van der Waals surface area contributed by atoms with Crippen molar-refractivity contribution < 1.29 is 19.4 Å². The fraction of sp³-hybridized carbons (Fsp3) is 0.533. The van der Waals surface area contributed by atoms with Crippen molar-refractivity contribution in [3.05, 3.63) is 29.8 Å². The van der Waals surface area contributed by atoms with Crippen LogP contribution in [0.25, 0.3) is 0 Å². The van der Waals surface area contributed by atoms with Crippen LogP contribution in [0, 0.1) is 0 Å². The number of carbonyl (C=O) groups excluding carboxylic acids is 1. The molecule has 0 radical (unpaired) electrons. The van der Waals surface area contributed by atoms with Crippen LogP contribution in [0.5, 0.6) is 5.75 Å². The summed E-state index contributed by atoms with van der Waals surface area (Å²) in [5, 5.41) is 10.1. The minimum absolute atomic E-state index is 0.201. The van der Waals surface area contributed by atoms with E-state index in [1.54, 1.807) is 24.3 Å². The predicted molar refractivity (Wildman–Crippen MR) is 76.4 cm³/mol. The second-order valence-corrected chi connectivity index (χ2v) is 4.64. The van der Waals surface area contributed by atoms with E-state index < -0.39 is 12.1 Å². The van der Waals surface area contributed by atoms with Crippen LogP contribution in [0.4, 0.5) is 0 Å². The highest BCUT2D eigenvalue weighted by Gasteiger charge is 2.18. The van der Waals surface area contributed by atoms with Gasteiger partial charge in [-0.2, -0.15) is 0 Å². The maximum atomic E-state index is 11.0. The molecule has 1 aromatic carbocycles. The first kappa shape index (κ1) is 16.5. The molecule has 5 nitrogen and oxygen atoms in total. The number of hydrogen-bond donors (Lipinski definition) is 2. The molecule has 2 atom stereocenters. The number of rotatable bonds is 8. The Labute approximate surface area is 119 Å². The van der Waals surface area contributed by atoms with Crippen molar-refractivity contribution >= 4 is 5.97 Å². The van der Waals surface area contributed by atoms with Gasteiger partial charge in [-0.15, -0.1) is 0 Å². The molecule has 0 spiro atoms. The van der Waals surface area contributed by atoms with E-state index in [9.17, 15) is 9.90 Å². The van der Waals surface area contributed by atoms with Gasteiger partial charge in [0.1, 0.15) is 5.75 Å². The van der Waals surface area contributed by atoms with Crippen molar-refractivity contribution in [3.63, 3.8) is 0 Å². The van der Waals surface area contributed by atoms with Crippen LogP contribution in [0.3, 0.4) is 0 Å². The molecule has 2 unspecified atom stereocenters. The first-order valence-electron chi connectivity index (χ1n) is 6.81. The average molecular weight is 281 g/mol. The van der Waals surface area contributed by atoms with Gasteiger partial charge < -0.3 is 20.3 Å². The number of methoxy groups -OCH3 is 1. The van der Waals surface area contributed by atoms with Gasteiger partial charge in [-0.1, -0.05) is 19.1 Å². The monoisotopic (exact) mass is 281 g/mol. The molecule has 3 N–H and O–H groups in total. The molecule has 0 fully saturated rings. The summed E-state index contributed by atoms with van der Waals surface area (Å²) in [4.78, 5) is 11.0. The molecule has 0 saturated carbocycles. The summed E-state index contributed by atoms with van der Waals surface area (Å²) < 4.78 is 10.0. The molecular formula is C15H23NO4. The largest absolute Gasteiger partial charge is 0.494 e. The Morgan fingerprint density at radius 1 is 1.35 bits per heavy atom. The normalized spacial score (nSPS) is 13.6. The molecule has 0 aromatic heterocycles.